The summed E-state index contributed by atoms with van der Waals surface area (Å²) in [6.07, 6.45) is 0. The predicted molar refractivity (Wildman–Crippen MR) is 112 cm³/mol. The van der Waals surface area contributed by atoms with Crippen LogP contribution in [0.2, 0.25) is 0 Å². The molecular formula is C23H18N2O2S. The summed E-state index contributed by atoms with van der Waals surface area (Å²) in [5.74, 6) is -0.893. The molecule has 3 aromatic carbocycles. The first kappa shape index (κ1) is 18.1. The van der Waals surface area contributed by atoms with E-state index in [1.54, 1.807) is 0 Å². The van der Waals surface area contributed by atoms with Crippen LogP contribution in [-0.4, -0.2) is 21.0 Å². The quantitative estimate of drug-likeness (QED) is 0.420. The number of nitrogens with zero attached hydrogens (tertiary/aromatic N) is 1. The van der Waals surface area contributed by atoms with E-state index in [1.165, 1.54) is 11.8 Å². The monoisotopic (exact) mass is 386 g/mol. The lowest BCUT2D eigenvalue weighted by atomic mass is 10.1. The molecular weight excluding hydrogens is 368 g/mol. The highest BCUT2D eigenvalue weighted by molar-refractivity contribution is 8.00. The Labute approximate surface area is 167 Å². The van der Waals surface area contributed by atoms with Crippen molar-refractivity contribution < 1.29 is 9.90 Å². The summed E-state index contributed by atoms with van der Waals surface area (Å²) in [7, 11) is 0. The van der Waals surface area contributed by atoms with E-state index in [-0.39, 0.29) is 0 Å². The molecule has 5 heteroatoms. The maximum atomic E-state index is 11.9. The molecule has 0 bridgehead atoms. The van der Waals surface area contributed by atoms with Crippen LogP contribution in [0.1, 0.15) is 10.8 Å². The number of carboxylic acids is 1. The van der Waals surface area contributed by atoms with Crippen LogP contribution < -0.4 is 0 Å². The van der Waals surface area contributed by atoms with Gasteiger partial charge in [-0.15, -0.1) is 0 Å². The van der Waals surface area contributed by atoms with Gasteiger partial charge in [0.25, 0.3) is 0 Å². The minimum Gasteiger partial charge on any atom is -0.480 e. The largest absolute Gasteiger partial charge is 0.480 e. The van der Waals surface area contributed by atoms with Crippen molar-refractivity contribution in [3.8, 4) is 22.5 Å². The number of aliphatic carboxylic acids is 1. The van der Waals surface area contributed by atoms with Crippen molar-refractivity contribution in [1.29, 1.82) is 0 Å². The Morgan fingerprint density at radius 3 is 1.93 bits per heavy atom. The van der Waals surface area contributed by atoms with Crippen molar-refractivity contribution in [2.24, 2.45) is 0 Å². The zero-order valence-electron chi connectivity index (χ0n) is 14.9. The number of hydrogen-bond donors (Lipinski definition) is 2. The zero-order chi connectivity index (χ0) is 19.3. The lowest BCUT2D eigenvalue weighted by Crippen LogP contribution is -2.08. The molecule has 0 aliphatic carbocycles. The molecule has 4 aromatic rings. The van der Waals surface area contributed by atoms with E-state index >= 15 is 0 Å². The van der Waals surface area contributed by atoms with Gasteiger partial charge in [0, 0.05) is 11.1 Å². The number of aromatic nitrogens is 2. The van der Waals surface area contributed by atoms with E-state index in [0.29, 0.717) is 5.16 Å². The third-order valence-electron chi connectivity index (χ3n) is 4.35. The predicted octanol–water partition coefficient (Wildman–Crippen LogP) is 5.66. The number of carboxylic acid groups (broad SMARTS) is 1. The summed E-state index contributed by atoms with van der Waals surface area (Å²) in [6, 6.07) is 29.1. The second-order valence-electron chi connectivity index (χ2n) is 6.24. The smallest absolute Gasteiger partial charge is 0.321 e. The van der Waals surface area contributed by atoms with E-state index in [2.05, 4.69) is 4.98 Å². The van der Waals surface area contributed by atoms with E-state index in [4.69, 9.17) is 4.98 Å². The van der Waals surface area contributed by atoms with Crippen LogP contribution in [0.3, 0.4) is 0 Å². The normalized spacial score (nSPS) is 11.9. The number of carbonyl (C=O) groups is 1. The Bertz CT molecular complexity index is 1010. The molecule has 1 aromatic heterocycles. The van der Waals surface area contributed by atoms with E-state index in [1.807, 2.05) is 91.0 Å². The van der Waals surface area contributed by atoms with Gasteiger partial charge in [0.2, 0.25) is 0 Å². The van der Waals surface area contributed by atoms with Gasteiger partial charge in [-0.3, -0.25) is 4.79 Å². The van der Waals surface area contributed by atoms with Crippen LogP contribution in [0.4, 0.5) is 0 Å². The number of rotatable bonds is 6. The van der Waals surface area contributed by atoms with Crippen LogP contribution in [0.25, 0.3) is 22.5 Å². The molecule has 4 nitrogen and oxygen atoms in total. The number of hydrogen-bond acceptors (Lipinski definition) is 3. The van der Waals surface area contributed by atoms with Crippen molar-refractivity contribution in [2.75, 3.05) is 0 Å². The van der Waals surface area contributed by atoms with Crippen molar-refractivity contribution in [3.05, 3.63) is 96.6 Å². The summed E-state index contributed by atoms with van der Waals surface area (Å²) in [5.41, 5.74) is 4.42. The molecule has 0 saturated heterocycles. The number of nitrogens with one attached hydrogen (secondary N) is 1. The zero-order valence-corrected chi connectivity index (χ0v) is 15.8. The van der Waals surface area contributed by atoms with Crippen LogP contribution in [0, 0.1) is 0 Å². The number of benzene rings is 3. The van der Waals surface area contributed by atoms with E-state index < -0.39 is 11.2 Å². The summed E-state index contributed by atoms with van der Waals surface area (Å²) >= 11 is 1.21. The van der Waals surface area contributed by atoms with Gasteiger partial charge in [-0.05, 0) is 5.56 Å². The lowest BCUT2D eigenvalue weighted by molar-refractivity contribution is -0.136. The van der Waals surface area contributed by atoms with Gasteiger partial charge in [0.05, 0.1) is 11.4 Å². The van der Waals surface area contributed by atoms with Crippen LogP contribution in [0.15, 0.2) is 96.2 Å². The number of aromatic amines is 1. The minimum absolute atomic E-state index is 0.578. The molecule has 1 atom stereocenters. The first-order valence-electron chi connectivity index (χ1n) is 8.87. The van der Waals surface area contributed by atoms with Gasteiger partial charge >= 0.3 is 5.97 Å². The molecule has 0 saturated carbocycles. The third-order valence-corrected chi connectivity index (χ3v) is 5.47. The second kappa shape index (κ2) is 8.15. The third kappa shape index (κ3) is 3.85. The van der Waals surface area contributed by atoms with Crippen LogP contribution >= 0.6 is 11.8 Å². The number of thioether (sulfide) groups is 1. The molecule has 0 fully saturated rings. The van der Waals surface area contributed by atoms with E-state index in [0.717, 1.165) is 28.1 Å². The standard InChI is InChI=1S/C23H18N2O2S/c26-22(27)21(18-14-8-3-9-15-18)28-23-24-19(16-10-4-1-5-11-16)20(25-23)17-12-6-2-7-13-17/h1-15,21H,(H,24,25)(H,26,27)/t21-/m1/s1. The van der Waals surface area contributed by atoms with E-state index in [9.17, 15) is 9.90 Å². The highest BCUT2D eigenvalue weighted by atomic mass is 32.2. The van der Waals surface area contributed by atoms with Gasteiger partial charge < -0.3 is 10.1 Å². The minimum atomic E-state index is -0.893. The molecule has 0 spiro atoms. The molecule has 0 unspecified atom stereocenters. The highest BCUT2D eigenvalue weighted by Gasteiger charge is 2.24. The Kier molecular flexibility index (Phi) is 5.26. The molecule has 0 aliphatic rings. The molecule has 0 radical (unpaired) electrons. The fourth-order valence-corrected chi connectivity index (χ4v) is 3.95. The molecule has 0 amide bonds. The van der Waals surface area contributed by atoms with Crippen molar-refractivity contribution in [2.45, 2.75) is 10.4 Å². The molecule has 4 rings (SSSR count). The second-order valence-corrected chi connectivity index (χ2v) is 7.34. The van der Waals surface area contributed by atoms with Crippen molar-refractivity contribution in [1.82, 2.24) is 9.97 Å². The molecule has 1 heterocycles. The summed E-state index contributed by atoms with van der Waals surface area (Å²) in [6.45, 7) is 0. The average molecular weight is 386 g/mol. The Balaban J connectivity index is 1.76. The summed E-state index contributed by atoms with van der Waals surface area (Å²) in [4.78, 5) is 20.0. The maximum absolute atomic E-state index is 11.9. The lowest BCUT2D eigenvalue weighted by Gasteiger charge is -2.10. The maximum Gasteiger partial charge on any atom is 0.321 e. The van der Waals surface area contributed by atoms with Gasteiger partial charge in [-0.1, -0.05) is 103 Å². The number of imidazole rings is 1. The van der Waals surface area contributed by atoms with Crippen molar-refractivity contribution >= 4 is 17.7 Å². The average Bonchev–Trinajstić information content (AvgIpc) is 3.18. The summed E-state index contributed by atoms with van der Waals surface area (Å²) in [5, 5.41) is 9.58. The first-order valence-corrected chi connectivity index (χ1v) is 9.75. The molecule has 2 N–H and O–H groups in total. The Morgan fingerprint density at radius 1 is 0.821 bits per heavy atom. The molecule has 138 valence electrons. The van der Waals surface area contributed by atoms with Gasteiger partial charge in [0.15, 0.2) is 5.16 Å². The fraction of sp³-hybridized carbons (Fsp3) is 0.0435. The van der Waals surface area contributed by atoms with Crippen LogP contribution in [0.5, 0.6) is 0 Å². The van der Waals surface area contributed by atoms with Gasteiger partial charge in [-0.2, -0.15) is 0 Å². The van der Waals surface area contributed by atoms with Crippen LogP contribution in [-0.2, 0) is 4.79 Å². The summed E-state index contributed by atoms with van der Waals surface area (Å²) < 4.78 is 0. The van der Waals surface area contributed by atoms with Gasteiger partial charge in [-0.25, -0.2) is 4.98 Å². The Morgan fingerprint density at radius 2 is 1.36 bits per heavy atom. The first-order chi connectivity index (χ1) is 13.7. The van der Waals surface area contributed by atoms with Crippen molar-refractivity contribution in [3.63, 3.8) is 0 Å². The highest BCUT2D eigenvalue weighted by Crippen LogP contribution is 2.38. The molecule has 0 aliphatic heterocycles. The Hall–Kier alpha value is -3.31. The molecule has 28 heavy (non-hydrogen) atoms. The fourth-order valence-electron chi connectivity index (χ4n) is 3.03. The SMILES string of the molecule is O=C(O)[C@H](Sc1nc(-c2ccccc2)c(-c2ccccc2)[nH]1)c1ccccc1. The van der Waals surface area contributed by atoms with Gasteiger partial charge in [0.1, 0.15) is 5.25 Å². The topological polar surface area (TPSA) is 66.0 Å². The number of H-pyrrole nitrogens is 1.